The molecule has 0 unspecified atom stereocenters. The van der Waals surface area contributed by atoms with E-state index in [1.165, 1.54) is 12.5 Å². The third-order valence-corrected chi connectivity index (χ3v) is 1.97. The molecule has 0 aliphatic heterocycles. The molecule has 2 aromatic heterocycles. The van der Waals surface area contributed by atoms with Crippen LogP contribution in [0, 0.1) is 0 Å². The monoisotopic (exact) mass is 214 g/mol. The highest BCUT2D eigenvalue weighted by atomic mass is 16.1. The lowest BCUT2D eigenvalue weighted by Gasteiger charge is -2.03. The Morgan fingerprint density at radius 2 is 2.12 bits per heavy atom. The van der Waals surface area contributed by atoms with Gasteiger partial charge in [-0.3, -0.25) is 9.78 Å². The Morgan fingerprint density at radius 3 is 2.81 bits per heavy atom. The first-order valence-electron chi connectivity index (χ1n) is 4.80. The number of nitrogens with one attached hydrogen (secondary N) is 1. The second kappa shape index (κ2) is 4.97. The van der Waals surface area contributed by atoms with E-state index in [-0.39, 0.29) is 5.91 Å². The predicted octanol–water partition coefficient (Wildman–Crippen LogP) is 0.802. The number of rotatable bonds is 3. The van der Waals surface area contributed by atoms with Gasteiger partial charge in [0, 0.05) is 12.4 Å². The molecule has 16 heavy (non-hydrogen) atoms. The molecule has 0 aromatic carbocycles. The Labute approximate surface area is 92.6 Å². The molecule has 2 heterocycles. The lowest BCUT2D eigenvalue weighted by Crippen LogP contribution is -2.24. The van der Waals surface area contributed by atoms with Crippen LogP contribution in [-0.2, 0) is 6.54 Å². The standard InChI is InChI=1S/C11H10N4O/c16-11(10-4-6-12-8-15-10)14-7-9-3-1-2-5-13-9/h1-6,8H,7H2,(H,14,16). The molecule has 0 saturated carbocycles. The molecule has 1 N–H and O–H groups in total. The molecular weight excluding hydrogens is 204 g/mol. The highest BCUT2D eigenvalue weighted by Gasteiger charge is 2.05. The molecule has 0 atom stereocenters. The van der Waals surface area contributed by atoms with E-state index < -0.39 is 0 Å². The number of amides is 1. The van der Waals surface area contributed by atoms with Gasteiger partial charge in [0.05, 0.1) is 12.2 Å². The lowest BCUT2D eigenvalue weighted by atomic mass is 10.3. The van der Waals surface area contributed by atoms with E-state index in [4.69, 9.17) is 0 Å². The van der Waals surface area contributed by atoms with Gasteiger partial charge in [-0.1, -0.05) is 6.07 Å². The van der Waals surface area contributed by atoms with Crippen LogP contribution in [0.2, 0.25) is 0 Å². The maximum absolute atomic E-state index is 11.6. The average Bonchev–Trinajstić information content (AvgIpc) is 2.38. The average molecular weight is 214 g/mol. The van der Waals surface area contributed by atoms with Crippen molar-refractivity contribution in [3.8, 4) is 0 Å². The van der Waals surface area contributed by atoms with E-state index in [9.17, 15) is 4.79 Å². The van der Waals surface area contributed by atoms with Crippen LogP contribution in [0.25, 0.3) is 0 Å². The molecular formula is C11H10N4O. The third-order valence-electron chi connectivity index (χ3n) is 1.97. The minimum Gasteiger partial charge on any atom is -0.345 e. The first-order chi connectivity index (χ1) is 7.86. The zero-order chi connectivity index (χ0) is 11.2. The van der Waals surface area contributed by atoms with Crippen molar-refractivity contribution < 1.29 is 4.79 Å². The Balaban J connectivity index is 1.95. The van der Waals surface area contributed by atoms with Crippen LogP contribution in [-0.4, -0.2) is 20.9 Å². The fraction of sp³-hybridized carbons (Fsp3) is 0.0909. The fourth-order valence-corrected chi connectivity index (χ4v) is 1.19. The number of pyridine rings is 1. The molecule has 0 spiro atoms. The summed E-state index contributed by atoms with van der Waals surface area (Å²) in [6, 6.07) is 7.11. The Hall–Kier alpha value is -2.30. The summed E-state index contributed by atoms with van der Waals surface area (Å²) in [7, 11) is 0. The molecule has 0 aliphatic carbocycles. The van der Waals surface area contributed by atoms with Crippen molar-refractivity contribution in [3.63, 3.8) is 0 Å². The van der Waals surface area contributed by atoms with Crippen LogP contribution in [0.3, 0.4) is 0 Å². The van der Waals surface area contributed by atoms with Crippen molar-refractivity contribution in [1.29, 1.82) is 0 Å². The van der Waals surface area contributed by atoms with Gasteiger partial charge in [0.1, 0.15) is 12.0 Å². The van der Waals surface area contributed by atoms with Crippen molar-refractivity contribution in [2.75, 3.05) is 0 Å². The summed E-state index contributed by atoms with van der Waals surface area (Å²) in [5, 5.41) is 2.72. The van der Waals surface area contributed by atoms with Gasteiger partial charge in [-0.05, 0) is 18.2 Å². The predicted molar refractivity (Wildman–Crippen MR) is 57.4 cm³/mol. The van der Waals surface area contributed by atoms with Crippen LogP contribution < -0.4 is 5.32 Å². The maximum Gasteiger partial charge on any atom is 0.270 e. The minimum atomic E-state index is -0.229. The summed E-state index contributed by atoms with van der Waals surface area (Å²) < 4.78 is 0. The molecule has 2 aromatic rings. The molecule has 1 amide bonds. The van der Waals surface area contributed by atoms with Gasteiger partial charge in [-0.15, -0.1) is 0 Å². The Morgan fingerprint density at radius 1 is 1.19 bits per heavy atom. The summed E-state index contributed by atoms with van der Waals surface area (Å²) >= 11 is 0. The summed E-state index contributed by atoms with van der Waals surface area (Å²) in [6.45, 7) is 0.393. The molecule has 5 nitrogen and oxygen atoms in total. The van der Waals surface area contributed by atoms with E-state index >= 15 is 0 Å². The number of hydrogen-bond acceptors (Lipinski definition) is 4. The van der Waals surface area contributed by atoms with Gasteiger partial charge in [0.25, 0.3) is 5.91 Å². The SMILES string of the molecule is O=C(NCc1ccccn1)c1ccncn1. The van der Waals surface area contributed by atoms with Crippen LogP contribution in [0.5, 0.6) is 0 Å². The first kappa shape index (κ1) is 10.2. The normalized spacial score (nSPS) is 9.75. The highest BCUT2D eigenvalue weighted by Crippen LogP contribution is 1.95. The number of carbonyl (C=O) groups excluding carboxylic acids is 1. The first-order valence-corrected chi connectivity index (χ1v) is 4.80. The van der Waals surface area contributed by atoms with Crippen LogP contribution in [0.1, 0.15) is 16.2 Å². The van der Waals surface area contributed by atoms with Gasteiger partial charge in [0.15, 0.2) is 0 Å². The van der Waals surface area contributed by atoms with Crippen molar-refractivity contribution in [3.05, 3.63) is 54.4 Å². The largest absolute Gasteiger partial charge is 0.345 e. The lowest BCUT2D eigenvalue weighted by molar-refractivity contribution is 0.0945. The van der Waals surface area contributed by atoms with Crippen LogP contribution >= 0.6 is 0 Å². The molecule has 0 aliphatic rings. The van der Waals surface area contributed by atoms with Crippen molar-refractivity contribution in [2.45, 2.75) is 6.54 Å². The molecule has 80 valence electrons. The molecule has 0 bridgehead atoms. The minimum absolute atomic E-state index is 0.229. The van der Waals surface area contributed by atoms with E-state index in [0.29, 0.717) is 12.2 Å². The van der Waals surface area contributed by atoms with Gasteiger partial charge in [-0.25, -0.2) is 9.97 Å². The molecule has 0 radical (unpaired) electrons. The summed E-state index contributed by atoms with van der Waals surface area (Å²) in [5.74, 6) is -0.229. The van der Waals surface area contributed by atoms with E-state index in [1.54, 1.807) is 12.3 Å². The fourth-order valence-electron chi connectivity index (χ4n) is 1.19. The summed E-state index contributed by atoms with van der Waals surface area (Å²) in [5.41, 5.74) is 1.16. The number of hydrogen-bond donors (Lipinski definition) is 1. The van der Waals surface area contributed by atoms with Gasteiger partial charge in [-0.2, -0.15) is 0 Å². The maximum atomic E-state index is 11.6. The van der Waals surface area contributed by atoms with E-state index in [1.807, 2.05) is 18.2 Å². The summed E-state index contributed by atoms with van der Waals surface area (Å²) in [4.78, 5) is 23.3. The van der Waals surface area contributed by atoms with Crippen molar-refractivity contribution >= 4 is 5.91 Å². The van der Waals surface area contributed by atoms with E-state index in [0.717, 1.165) is 5.69 Å². The molecule has 0 saturated heterocycles. The Kier molecular flexibility index (Phi) is 3.18. The topological polar surface area (TPSA) is 67.8 Å². The molecule has 0 fully saturated rings. The van der Waals surface area contributed by atoms with Gasteiger partial charge < -0.3 is 5.32 Å². The second-order valence-electron chi connectivity index (χ2n) is 3.10. The van der Waals surface area contributed by atoms with Gasteiger partial charge in [0.2, 0.25) is 0 Å². The van der Waals surface area contributed by atoms with Crippen molar-refractivity contribution in [1.82, 2.24) is 20.3 Å². The van der Waals surface area contributed by atoms with Crippen molar-refractivity contribution in [2.24, 2.45) is 0 Å². The number of aromatic nitrogens is 3. The smallest absolute Gasteiger partial charge is 0.270 e. The van der Waals surface area contributed by atoms with E-state index in [2.05, 4.69) is 20.3 Å². The molecule has 2 rings (SSSR count). The molecule has 5 heteroatoms. The van der Waals surface area contributed by atoms with Gasteiger partial charge >= 0.3 is 0 Å². The highest BCUT2D eigenvalue weighted by molar-refractivity contribution is 5.91. The number of carbonyl (C=O) groups is 1. The van der Waals surface area contributed by atoms with Crippen LogP contribution in [0.15, 0.2) is 43.0 Å². The number of nitrogens with zero attached hydrogens (tertiary/aromatic N) is 3. The third kappa shape index (κ3) is 2.60. The summed E-state index contributed by atoms with van der Waals surface area (Å²) in [6.07, 6.45) is 4.56. The van der Waals surface area contributed by atoms with Crippen LogP contribution in [0.4, 0.5) is 0 Å². The zero-order valence-corrected chi connectivity index (χ0v) is 8.50. The second-order valence-corrected chi connectivity index (χ2v) is 3.10. The quantitative estimate of drug-likeness (QED) is 0.820. The zero-order valence-electron chi connectivity index (χ0n) is 8.50. The Bertz CT molecular complexity index is 458.